The molecule has 0 atom stereocenters. The molecule has 0 heterocycles. The quantitative estimate of drug-likeness (QED) is 0.681. The molecule has 60 valence electrons. The molecule has 0 amide bonds. The molecule has 1 aromatic carbocycles. The summed E-state index contributed by atoms with van der Waals surface area (Å²) in [5, 5.41) is 0.836. The fourth-order valence-corrected chi connectivity index (χ4v) is 1.69. The van der Waals surface area contributed by atoms with Crippen LogP contribution < -0.4 is 0 Å². The van der Waals surface area contributed by atoms with Gasteiger partial charge >= 0.3 is 0 Å². The van der Waals surface area contributed by atoms with Gasteiger partial charge < -0.3 is 0 Å². The summed E-state index contributed by atoms with van der Waals surface area (Å²) in [5.41, 5.74) is 1.20. The second kappa shape index (κ2) is 3.59. The van der Waals surface area contributed by atoms with Crippen molar-refractivity contribution in [2.45, 2.75) is 19.8 Å². The molecule has 11 heavy (non-hydrogen) atoms. The van der Waals surface area contributed by atoms with Gasteiger partial charge in [-0.05, 0) is 33.5 Å². The van der Waals surface area contributed by atoms with E-state index in [9.17, 15) is 0 Å². The lowest BCUT2D eigenvalue weighted by Gasteiger charge is -2.08. The van der Waals surface area contributed by atoms with Gasteiger partial charge in [-0.15, -0.1) is 0 Å². The number of halogens is 2. The van der Waals surface area contributed by atoms with E-state index >= 15 is 0 Å². The van der Waals surface area contributed by atoms with Gasteiger partial charge in [0.1, 0.15) is 0 Å². The third-order valence-corrected chi connectivity index (χ3v) is 2.91. The molecular weight excluding hydrogens is 223 g/mol. The Morgan fingerprint density at radius 1 is 1.36 bits per heavy atom. The summed E-state index contributed by atoms with van der Waals surface area (Å²) in [7, 11) is 0. The maximum Gasteiger partial charge on any atom is 0.0582 e. The Hall–Kier alpha value is -0.0100. The van der Waals surface area contributed by atoms with Crippen LogP contribution in [0.15, 0.2) is 22.7 Å². The zero-order chi connectivity index (χ0) is 8.43. The van der Waals surface area contributed by atoms with Gasteiger partial charge in [-0.3, -0.25) is 0 Å². The van der Waals surface area contributed by atoms with Crippen LogP contribution in [0.2, 0.25) is 5.02 Å². The monoisotopic (exact) mass is 232 g/mol. The molecule has 0 spiro atoms. The van der Waals surface area contributed by atoms with Gasteiger partial charge in [0.15, 0.2) is 0 Å². The second-order valence-corrected chi connectivity index (χ2v) is 4.03. The summed E-state index contributed by atoms with van der Waals surface area (Å²) in [4.78, 5) is 0. The van der Waals surface area contributed by atoms with E-state index in [1.165, 1.54) is 5.56 Å². The Bertz CT molecular complexity index is 256. The standard InChI is InChI=1S/C9H10BrCl/c1-6(2)7-4-3-5-8(10)9(7)11/h3-6H,1-2H3. The van der Waals surface area contributed by atoms with Crippen LogP contribution in [0.5, 0.6) is 0 Å². The maximum absolute atomic E-state index is 6.04. The molecule has 0 aromatic heterocycles. The molecule has 1 rings (SSSR count). The zero-order valence-corrected chi connectivity index (χ0v) is 8.91. The first-order valence-electron chi connectivity index (χ1n) is 3.57. The van der Waals surface area contributed by atoms with Crippen molar-refractivity contribution in [1.82, 2.24) is 0 Å². The van der Waals surface area contributed by atoms with Crippen molar-refractivity contribution in [3.63, 3.8) is 0 Å². The van der Waals surface area contributed by atoms with Crippen LogP contribution in [0.3, 0.4) is 0 Å². The number of hydrogen-bond acceptors (Lipinski definition) is 0. The lowest BCUT2D eigenvalue weighted by atomic mass is 10.0. The Morgan fingerprint density at radius 3 is 2.45 bits per heavy atom. The predicted molar refractivity (Wildman–Crippen MR) is 53.2 cm³/mol. The van der Waals surface area contributed by atoms with Crippen molar-refractivity contribution in [3.8, 4) is 0 Å². The molecule has 0 unspecified atom stereocenters. The Labute approximate surface area is 80.7 Å². The largest absolute Gasteiger partial charge is 0.0828 e. The fourth-order valence-electron chi connectivity index (χ4n) is 0.966. The van der Waals surface area contributed by atoms with Crippen LogP contribution in [0.4, 0.5) is 0 Å². The molecule has 0 aliphatic heterocycles. The molecule has 0 aliphatic carbocycles. The van der Waals surface area contributed by atoms with E-state index in [0.29, 0.717) is 5.92 Å². The average molecular weight is 234 g/mol. The molecule has 0 bridgehead atoms. The van der Waals surface area contributed by atoms with Crippen molar-refractivity contribution in [1.29, 1.82) is 0 Å². The van der Waals surface area contributed by atoms with Crippen molar-refractivity contribution in [3.05, 3.63) is 33.3 Å². The average Bonchev–Trinajstić information content (AvgIpc) is 1.94. The van der Waals surface area contributed by atoms with Crippen molar-refractivity contribution >= 4 is 27.5 Å². The van der Waals surface area contributed by atoms with E-state index in [2.05, 4.69) is 35.8 Å². The summed E-state index contributed by atoms with van der Waals surface area (Å²) < 4.78 is 0.977. The fraction of sp³-hybridized carbons (Fsp3) is 0.333. The van der Waals surface area contributed by atoms with Gasteiger partial charge in [0.25, 0.3) is 0 Å². The number of rotatable bonds is 1. The number of hydrogen-bond donors (Lipinski definition) is 0. The highest BCUT2D eigenvalue weighted by atomic mass is 79.9. The van der Waals surface area contributed by atoms with Gasteiger partial charge in [0.2, 0.25) is 0 Å². The Kier molecular flexibility index (Phi) is 2.97. The first-order valence-corrected chi connectivity index (χ1v) is 4.74. The van der Waals surface area contributed by atoms with Crippen molar-refractivity contribution < 1.29 is 0 Å². The SMILES string of the molecule is CC(C)c1cccc(Br)c1Cl. The van der Waals surface area contributed by atoms with E-state index in [4.69, 9.17) is 11.6 Å². The van der Waals surface area contributed by atoms with E-state index < -0.39 is 0 Å². The highest BCUT2D eigenvalue weighted by Gasteiger charge is 2.06. The summed E-state index contributed by atoms with van der Waals surface area (Å²) >= 11 is 9.42. The van der Waals surface area contributed by atoms with E-state index in [1.54, 1.807) is 0 Å². The van der Waals surface area contributed by atoms with Crippen LogP contribution in [0.1, 0.15) is 25.3 Å². The molecule has 0 saturated carbocycles. The van der Waals surface area contributed by atoms with E-state index in [-0.39, 0.29) is 0 Å². The summed E-state index contributed by atoms with van der Waals surface area (Å²) in [6.07, 6.45) is 0. The lowest BCUT2D eigenvalue weighted by molar-refractivity contribution is 0.866. The first-order chi connectivity index (χ1) is 5.13. The van der Waals surface area contributed by atoms with Crippen molar-refractivity contribution in [2.24, 2.45) is 0 Å². The van der Waals surface area contributed by atoms with Crippen LogP contribution in [0.25, 0.3) is 0 Å². The molecular formula is C9H10BrCl. The molecule has 1 aromatic rings. The summed E-state index contributed by atoms with van der Waals surface area (Å²) in [6.45, 7) is 4.27. The van der Waals surface area contributed by atoms with Crippen molar-refractivity contribution in [2.75, 3.05) is 0 Å². The minimum Gasteiger partial charge on any atom is -0.0828 e. The van der Waals surface area contributed by atoms with Crippen LogP contribution in [-0.4, -0.2) is 0 Å². The minimum absolute atomic E-state index is 0.486. The van der Waals surface area contributed by atoms with Crippen LogP contribution in [-0.2, 0) is 0 Å². The Morgan fingerprint density at radius 2 is 2.00 bits per heavy atom. The van der Waals surface area contributed by atoms with Gasteiger partial charge in [0, 0.05) is 4.47 Å². The lowest BCUT2D eigenvalue weighted by Crippen LogP contribution is -1.88. The highest BCUT2D eigenvalue weighted by molar-refractivity contribution is 9.10. The van der Waals surface area contributed by atoms with E-state index in [1.807, 2.05) is 12.1 Å². The number of benzene rings is 1. The molecule has 0 fully saturated rings. The molecule has 0 saturated heterocycles. The van der Waals surface area contributed by atoms with Gasteiger partial charge in [-0.25, -0.2) is 0 Å². The Balaban J connectivity index is 3.17. The molecule has 0 aliphatic rings. The second-order valence-electron chi connectivity index (χ2n) is 2.80. The maximum atomic E-state index is 6.04. The van der Waals surface area contributed by atoms with Crippen LogP contribution >= 0.6 is 27.5 Å². The molecule has 0 nitrogen and oxygen atoms in total. The molecule has 0 N–H and O–H groups in total. The third-order valence-electron chi connectivity index (χ3n) is 1.60. The first kappa shape index (κ1) is 9.08. The van der Waals surface area contributed by atoms with Gasteiger partial charge in [-0.2, -0.15) is 0 Å². The topological polar surface area (TPSA) is 0 Å². The summed E-state index contributed by atoms with van der Waals surface area (Å²) in [6, 6.07) is 6.01. The third kappa shape index (κ3) is 1.97. The predicted octanol–water partition coefficient (Wildman–Crippen LogP) is 4.23. The highest BCUT2D eigenvalue weighted by Crippen LogP contribution is 2.30. The van der Waals surface area contributed by atoms with Gasteiger partial charge in [-0.1, -0.05) is 37.6 Å². The zero-order valence-electron chi connectivity index (χ0n) is 6.57. The smallest absolute Gasteiger partial charge is 0.0582 e. The van der Waals surface area contributed by atoms with E-state index in [0.717, 1.165) is 9.50 Å². The van der Waals surface area contributed by atoms with Crippen LogP contribution in [0, 0.1) is 0 Å². The molecule has 2 heteroatoms. The summed E-state index contributed by atoms with van der Waals surface area (Å²) in [5.74, 6) is 0.486. The minimum atomic E-state index is 0.486. The molecule has 0 radical (unpaired) electrons. The van der Waals surface area contributed by atoms with Gasteiger partial charge in [0.05, 0.1) is 5.02 Å². The normalized spacial score (nSPS) is 10.6.